The highest BCUT2D eigenvalue weighted by Crippen LogP contribution is 2.35. The van der Waals surface area contributed by atoms with Crippen molar-refractivity contribution in [1.82, 2.24) is 0 Å². The number of aliphatic hydroxyl groups is 3. The van der Waals surface area contributed by atoms with Gasteiger partial charge in [-0.2, -0.15) is 0 Å². The quantitative estimate of drug-likeness (QED) is 0.131. The second-order valence-corrected chi connectivity index (χ2v) is 19.8. The molecule has 6 rings (SSSR count). The summed E-state index contributed by atoms with van der Waals surface area (Å²) >= 11 is 0. The second kappa shape index (κ2) is 19.7. The van der Waals surface area contributed by atoms with Crippen LogP contribution in [0, 0.1) is 35.5 Å². The van der Waals surface area contributed by atoms with Gasteiger partial charge in [0, 0.05) is 50.4 Å². The standard InChI is InChI=1S/C48H39NO9S3/c50-31-34-59(53,54)46-25-13-40(14-26-46)4-1-37-7-19-43(20-8-37)49(44-21-9-38(10-22-44)2-5-41-15-27-47(28-16-41)60(55,56)35-32-51)45-23-11-39(12-24-45)3-6-42-17-29-48(30-18-42)61(57,58)36-33-52/h7-30,50-52H,31-36H2. The van der Waals surface area contributed by atoms with E-state index in [1.165, 1.54) is 36.4 Å². The third kappa shape index (κ3) is 11.6. The van der Waals surface area contributed by atoms with Crippen molar-refractivity contribution in [3.63, 3.8) is 0 Å². The average Bonchev–Trinajstić information content (AvgIpc) is 3.26. The maximum atomic E-state index is 12.3. The van der Waals surface area contributed by atoms with Crippen molar-refractivity contribution in [2.75, 3.05) is 42.0 Å². The molecule has 10 nitrogen and oxygen atoms in total. The van der Waals surface area contributed by atoms with Gasteiger partial charge in [-0.1, -0.05) is 35.5 Å². The number of hydrogen-bond acceptors (Lipinski definition) is 10. The van der Waals surface area contributed by atoms with E-state index in [9.17, 15) is 25.3 Å². The highest BCUT2D eigenvalue weighted by atomic mass is 32.2. The van der Waals surface area contributed by atoms with Gasteiger partial charge >= 0.3 is 0 Å². The Morgan fingerprint density at radius 1 is 0.311 bits per heavy atom. The Kier molecular flexibility index (Phi) is 14.3. The predicted molar refractivity (Wildman–Crippen MR) is 236 cm³/mol. The van der Waals surface area contributed by atoms with E-state index >= 15 is 0 Å². The predicted octanol–water partition coefficient (Wildman–Crippen LogP) is 5.65. The fourth-order valence-corrected chi connectivity index (χ4v) is 8.99. The van der Waals surface area contributed by atoms with Crippen molar-refractivity contribution < 1.29 is 40.6 Å². The van der Waals surface area contributed by atoms with Gasteiger partial charge in [-0.3, -0.25) is 0 Å². The van der Waals surface area contributed by atoms with Crippen LogP contribution in [0.15, 0.2) is 160 Å². The Labute approximate surface area is 356 Å². The molecule has 0 fully saturated rings. The highest BCUT2D eigenvalue weighted by Gasteiger charge is 2.16. The number of nitrogens with zero attached hydrogens (tertiary/aromatic N) is 1. The molecule has 0 aliphatic rings. The van der Waals surface area contributed by atoms with Crippen LogP contribution in [0.4, 0.5) is 17.1 Å². The summed E-state index contributed by atoms with van der Waals surface area (Å²) < 4.78 is 73.6. The van der Waals surface area contributed by atoms with Crippen LogP contribution in [0.25, 0.3) is 0 Å². The van der Waals surface area contributed by atoms with Crippen LogP contribution in [-0.4, -0.2) is 77.7 Å². The molecule has 0 aliphatic carbocycles. The number of sulfone groups is 3. The molecule has 0 bridgehead atoms. The van der Waals surface area contributed by atoms with E-state index in [4.69, 9.17) is 15.3 Å². The number of benzene rings is 6. The molecule has 3 N–H and O–H groups in total. The van der Waals surface area contributed by atoms with E-state index in [0.717, 1.165) is 33.8 Å². The van der Waals surface area contributed by atoms with E-state index in [0.29, 0.717) is 16.7 Å². The van der Waals surface area contributed by atoms with Crippen molar-refractivity contribution in [3.8, 4) is 35.5 Å². The molecule has 0 amide bonds. The van der Waals surface area contributed by atoms with Crippen molar-refractivity contribution in [1.29, 1.82) is 0 Å². The van der Waals surface area contributed by atoms with Crippen LogP contribution in [-0.2, 0) is 29.5 Å². The first-order chi connectivity index (χ1) is 29.3. The van der Waals surface area contributed by atoms with Gasteiger partial charge in [0.15, 0.2) is 29.5 Å². The maximum absolute atomic E-state index is 12.3. The lowest BCUT2D eigenvalue weighted by molar-refractivity contribution is 0.319. The zero-order valence-electron chi connectivity index (χ0n) is 32.6. The summed E-state index contributed by atoms with van der Waals surface area (Å²) in [5.41, 5.74) is 6.57. The normalized spacial score (nSPS) is 11.3. The Hall–Kier alpha value is -6.47. The zero-order valence-corrected chi connectivity index (χ0v) is 35.0. The average molecular weight is 870 g/mol. The number of rotatable bonds is 12. The summed E-state index contributed by atoms with van der Waals surface area (Å²) in [5, 5.41) is 27.2. The van der Waals surface area contributed by atoms with E-state index in [2.05, 4.69) is 35.5 Å². The van der Waals surface area contributed by atoms with Crippen molar-refractivity contribution >= 4 is 46.6 Å². The van der Waals surface area contributed by atoms with Crippen LogP contribution in [0.3, 0.4) is 0 Å². The minimum absolute atomic E-state index is 0.122. The summed E-state index contributed by atoms with van der Waals surface area (Å²) in [6.45, 7) is -1.37. The van der Waals surface area contributed by atoms with Crippen molar-refractivity contribution in [3.05, 3.63) is 179 Å². The maximum Gasteiger partial charge on any atom is 0.180 e. The van der Waals surface area contributed by atoms with Crippen LogP contribution >= 0.6 is 0 Å². The fraction of sp³-hybridized carbons (Fsp3) is 0.125. The SMILES string of the molecule is O=S(=O)(CCO)c1ccc(C#Cc2ccc(N(c3ccc(C#Cc4ccc(S(=O)(=O)CCO)cc4)cc3)c3ccc(C#Cc4ccc(S(=O)(=O)CCO)cc4)cc3)cc2)cc1. The molecule has 0 unspecified atom stereocenters. The van der Waals surface area contributed by atoms with Gasteiger partial charge in [0.05, 0.1) is 51.8 Å². The molecule has 0 radical (unpaired) electrons. The molecule has 6 aromatic rings. The lowest BCUT2D eigenvalue weighted by Crippen LogP contribution is -2.10. The first-order valence-corrected chi connectivity index (χ1v) is 23.7. The smallest absolute Gasteiger partial charge is 0.180 e. The molecule has 0 aromatic heterocycles. The van der Waals surface area contributed by atoms with Gasteiger partial charge in [-0.25, -0.2) is 25.3 Å². The van der Waals surface area contributed by atoms with Crippen LogP contribution in [0.2, 0.25) is 0 Å². The van der Waals surface area contributed by atoms with Gasteiger partial charge in [0.2, 0.25) is 0 Å². The third-order valence-corrected chi connectivity index (χ3v) is 14.3. The molecule has 0 saturated carbocycles. The van der Waals surface area contributed by atoms with Gasteiger partial charge in [0.1, 0.15) is 0 Å². The molecule has 6 aromatic carbocycles. The van der Waals surface area contributed by atoms with Crippen LogP contribution < -0.4 is 4.90 Å². The Morgan fingerprint density at radius 3 is 0.672 bits per heavy atom. The summed E-state index contributed by atoms with van der Waals surface area (Å²) in [5.74, 6) is 17.5. The third-order valence-electron chi connectivity index (χ3n) is 9.15. The number of hydrogen-bond donors (Lipinski definition) is 3. The van der Waals surface area contributed by atoms with E-state index < -0.39 is 49.3 Å². The first kappa shape index (κ1) is 44.1. The minimum atomic E-state index is -3.56. The fourth-order valence-electron chi connectivity index (χ4n) is 5.91. The molecular formula is C48H39NO9S3. The molecule has 0 atom stereocenters. The van der Waals surface area contributed by atoms with Crippen LogP contribution in [0.5, 0.6) is 0 Å². The van der Waals surface area contributed by atoms with Gasteiger partial charge in [0.25, 0.3) is 0 Å². The van der Waals surface area contributed by atoms with Crippen molar-refractivity contribution in [2.45, 2.75) is 14.7 Å². The zero-order chi connectivity index (χ0) is 43.5. The lowest BCUT2D eigenvalue weighted by atomic mass is 10.1. The number of aliphatic hydroxyl groups excluding tert-OH is 3. The molecule has 61 heavy (non-hydrogen) atoms. The van der Waals surface area contributed by atoms with Crippen molar-refractivity contribution in [2.24, 2.45) is 0 Å². The largest absolute Gasteiger partial charge is 0.395 e. The molecular weight excluding hydrogens is 831 g/mol. The molecule has 308 valence electrons. The molecule has 0 aliphatic heterocycles. The first-order valence-electron chi connectivity index (χ1n) is 18.8. The van der Waals surface area contributed by atoms with Gasteiger partial charge in [-0.05, 0) is 146 Å². The van der Waals surface area contributed by atoms with E-state index in [-0.39, 0.29) is 31.9 Å². The van der Waals surface area contributed by atoms with Crippen LogP contribution in [0.1, 0.15) is 33.4 Å². The Balaban J connectivity index is 1.26. The Bertz CT molecular complexity index is 2670. The van der Waals surface area contributed by atoms with E-state index in [1.54, 1.807) is 36.4 Å². The monoisotopic (exact) mass is 869 g/mol. The topological polar surface area (TPSA) is 166 Å². The Morgan fingerprint density at radius 2 is 0.492 bits per heavy atom. The summed E-state index contributed by atoms with van der Waals surface area (Å²) in [4.78, 5) is 2.42. The summed E-state index contributed by atoms with van der Waals surface area (Å²) in [6.07, 6.45) is 0. The molecule has 13 heteroatoms. The van der Waals surface area contributed by atoms with E-state index in [1.807, 2.05) is 77.7 Å². The van der Waals surface area contributed by atoms with Gasteiger partial charge < -0.3 is 20.2 Å². The number of anilines is 3. The lowest BCUT2D eigenvalue weighted by Gasteiger charge is -2.25. The highest BCUT2D eigenvalue weighted by molar-refractivity contribution is 7.92. The minimum Gasteiger partial charge on any atom is -0.395 e. The molecule has 0 saturated heterocycles. The molecule has 0 spiro atoms. The summed E-state index contributed by atoms with van der Waals surface area (Å²) in [7, 11) is -10.7. The summed E-state index contributed by atoms with van der Waals surface area (Å²) in [6, 6.07) is 41.5. The van der Waals surface area contributed by atoms with Gasteiger partial charge in [-0.15, -0.1) is 0 Å². The second-order valence-electron chi connectivity index (χ2n) is 13.4. The molecule has 0 heterocycles.